The van der Waals surface area contributed by atoms with Crippen molar-refractivity contribution >= 4 is 17.7 Å². The van der Waals surface area contributed by atoms with Crippen LogP contribution in [0.3, 0.4) is 0 Å². The monoisotopic (exact) mass is 304 g/mol. The number of nitrogen functional groups attached to an aromatic ring is 2. The summed E-state index contributed by atoms with van der Waals surface area (Å²) >= 11 is 0. The number of rotatable bonds is 1. The van der Waals surface area contributed by atoms with Crippen molar-refractivity contribution in [3.63, 3.8) is 0 Å². The number of nitrogens with one attached hydrogen (secondary N) is 1. The van der Waals surface area contributed by atoms with Crippen LogP contribution in [0.2, 0.25) is 0 Å². The number of piperidine rings is 1. The van der Waals surface area contributed by atoms with Crippen molar-refractivity contribution in [3.8, 4) is 5.88 Å². The highest BCUT2D eigenvalue weighted by molar-refractivity contribution is 5.80. The van der Waals surface area contributed by atoms with E-state index in [-0.39, 0.29) is 23.4 Å². The van der Waals surface area contributed by atoms with E-state index in [0.717, 1.165) is 31.5 Å². The molecule has 22 heavy (non-hydrogen) atoms. The Morgan fingerprint density at radius 3 is 2.64 bits per heavy atom. The summed E-state index contributed by atoms with van der Waals surface area (Å²) in [5.41, 5.74) is 12.1. The molecule has 1 aromatic heterocycles. The number of carbonyl (C=O) groups excluding carboxylic acids is 1. The fourth-order valence-corrected chi connectivity index (χ4v) is 3.45. The highest BCUT2D eigenvalue weighted by Gasteiger charge is 2.45. The Morgan fingerprint density at radius 1 is 1.27 bits per heavy atom. The average molecular weight is 304 g/mol. The summed E-state index contributed by atoms with van der Waals surface area (Å²) in [6.07, 6.45) is 2.27. The van der Waals surface area contributed by atoms with Gasteiger partial charge in [-0.15, -0.1) is 0 Å². The number of likely N-dealkylation sites (tertiary alicyclic amines) is 1. The smallest absolute Gasteiger partial charge is 0.228 e. The Bertz CT molecular complexity index is 622. The average Bonchev–Trinajstić information content (AvgIpc) is 2.76. The summed E-state index contributed by atoms with van der Waals surface area (Å²) in [5, 5.41) is 3.14. The topological polar surface area (TPSA) is 119 Å². The summed E-state index contributed by atoms with van der Waals surface area (Å²) in [5.74, 6) is 1.45. The maximum Gasteiger partial charge on any atom is 0.228 e. The van der Waals surface area contributed by atoms with Crippen LogP contribution in [0.15, 0.2) is 0 Å². The molecule has 0 bridgehead atoms. The first-order chi connectivity index (χ1) is 10.6. The van der Waals surface area contributed by atoms with Gasteiger partial charge in [0.05, 0.1) is 11.5 Å². The molecule has 2 saturated heterocycles. The van der Waals surface area contributed by atoms with Crippen LogP contribution < -0.4 is 21.5 Å². The minimum absolute atomic E-state index is 0.137. The summed E-state index contributed by atoms with van der Waals surface area (Å²) in [7, 11) is 0. The van der Waals surface area contributed by atoms with Crippen LogP contribution in [0.25, 0.3) is 0 Å². The Labute approximate surface area is 128 Å². The van der Waals surface area contributed by atoms with Crippen molar-refractivity contribution in [2.24, 2.45) is 5.92 Å². The lowest BCUT2D eigenvalue weighted by Gasteiger charge is -2.40. The second-order valence-corrected chi connectivity index (χ2v) is 6.39. The third-order valence-corrected chi connectivity index (χ3v) is 4.95. The third kappa shape index (κ3) is 2.06. The molecule has 1 aromatic rings. The van der Waals surface area contributed by atoms with Gasteiger partial charge < -0.3 is 26.4 Å². The first kappa shape index (κ1) is 13.6. The Hall–Kier alpha value is -2.09. The second-order valence-electron chi connectivity index (χ2n) is 6.39. The molecule has 8 heteroatoms. The summed E-state index contributed by atoms with van der Waals surface area (Å²) in [6, 6.07) is 0. The van der Waals surface area contributed by atoms with Crippen molar-refractivity contribution < 1.29 is 9.53 Å². The molecule has 0 radical (unpaired) electrons. The predicted molar refractivity (Wildman–Crippen MR) is 80.1 cm³/mol. The second kappa shape index (κ2) is 4.70. The van der Waals surface area contributed by atoms with E-state index >= 15 is 0 Å². The van der Waals surface area contributed by atoms with Crippen LogP contribution in [0, 0.1) is 5.92 Å². The van der Waals surface area contributed by atoms with Crippen molar-refractivity contribution in [2.45, 2.75) is 24.9 Å². The maximum absolute atomic E-state index is 12.3. The molecule has 3 aliphatic heterocycles. The fraction of sp³-hybridized carbons (Fsp3) is 0.643. The van der Waals surface area contributed by atoms with E-state index in [0.29, 0.717) is 31.2 Å². The van der Waals surface area contributed by atoms with Crippen LogP contribution >= 0.6 is 0 Å². The summed E-state index contributed by atoms with van der Waals surface area (Å²) in [6.45, 7) is 3.03. The maximum atomic E-state index is 12.3. The molecule has 4 heterocycles. The molecular weight excluding hydrogens is 284 g/mol. The number of nitrogens with zero attached hydrogens (tertiary/aromatic N) is 3. The predicted octanol–water partition coefficient (Wildman–Crippen LogP) is -0.843. The lowest BCUT2D eigenvalue weighted by molar-refractivity contribution is -0.140. The molecule has 0 aliphatic carbocycles. The molecule has 0 aromatic carbocycles. The Morgan fingerprint density at radius 2 is 2.00 bits per heavy atom. The number of amides is 1. The molecule has 8 nitrogen and oxygen atoms in total. The third-order valence-electron chi connectivity index (χ3n) is 4.95. The molecule has 3 aliphatic rings. The van der Waals surface area contributed by atoms with E-state index < -0.39 is 0 Å². The van der Waals surface area contributed by atoms with Crippen molar-refractivity contribution in [1.82, 2.24) is 20.2 Å². The van der Waals surface area contributed by atoms with Crippen molar-refractivity contribution in [1.29, 1.82) is 0 Å². The molecule has 4 rings (SSSR count). The van der Waals surface area contributed by atoms with Gasteiger partial charge >= 0.3 is 0 Å². The van der Waals surface area contributed by atoms with Gasteiger partial charge in [-0.25, -0.2) is 0 Å². The summed E-state index contributed by atoms with van der Waals surface area (Å²) in [4.78, 5) is 22.4. The van der Waals surface area contributed by atoms with E-state index in [2.05, 4.69) is 15.3 Å². The Balaban J connectivity index is 1.46. The van der Waals surface area contributed by atoms with Crippen LogP contribution in [0.4, 0.5) is 11.8 Å². The zero-order valence-electron chi connectivity index (χ0n) is 12.3. The summed E-state index contributed by atoms with van der Waals surface area (Å²) < 4.78 is 6.06. The van der Waals surface area contributed by atoms with Gasteiger partial charge in [-0.3, -0.25) is 4.79 Å². The van der Waals surface area contributed by atoms with Gasteiger partial charge in [-0.1, -0.05) is 0 Å². The zero-order chi connectivity index (χ0) is 15.3. The minimum Gasteiger partial charge on any atom is -0.470 e. The van der Waals surface area contributed by atoms with Gasteiger partial charge in [0.1, 0.15) is 11.4 Å². The lowest BCUT2D eigenvalue weighted by Crippen LogP contribution is -2.56. The first-order valence-corrected chi connectivity index (χ1v) is 7.67. The quantitative estimate of drug-likeness (QED) is 0.618. The molecule has 2 fully saturated rings. The van der Waals surface area contributed by atoms with E-state index in [1.165, 1.54) is 0 Å². The van der Waals surface area contributed by atoms with Gasteiger partial charge in [0.15, 0.2) is 0 Å². The fourth-order valence-electron chi connectivity index (χ4n) is 3.45. The molecule has 0 atom stereocenters. The van der Waals surface area contributed by atoms with E-state index in [1.54, 1.807) is 0 Å². The molecule has 1 amide bonds. The number of nitrogens with two attached hydrogens (primary N) is 2. The van der Waals surface area contributed by atoms with Crippen LogP contribution in [-0.4, -0.2) is 52.6 Å². The number of hydrogen-bond donors (Lipinski definition) is 3. The van der Waals surface area contributed by atoms with Crippen LogP contribution in [0.5, 0.6) is 5.88 Å². The zero-order valence-corrected chi connectivity index (χ0v) is 12.3. The standard InChI is InChI=1S/C14H20N6O2/c15-10-9-5-14(22-11(9)19-13(16)18-10)1-3-20(4-2-14)12(21)8-6-17-7-8/h8,17H,1-7H2,(H4,15,16,18,19). The highest BCUT2D eigenvalue weighted by atomic mass is 16.5. The van der Waals surface area contributed by atoms with E-state index in [1.807, 2.05) is 4.90 Å². The number of aromatic nitrogens is 2. The van der Waals surface area contributed by atoms with Crippen molar-refractivity contribution in [2.75, 3.05) is 37.6 Å². The molecular formula is C14H20N6O2. The number of hydrogen-bond acceptors (Lipinski definition) is 7. The molecule has 1 spiro atoms. The van der Waals surface area contributed by atoms with Gasteiger partial charge in [-0.05, 0) is 0 Å². The van der Waals surface area contributed by atoms with Crippen molar-refractivity contribution in [3.05, 3.63) is 5.56 Å². The minimum atomic E-state index is -0.312. The number of ether oxygens (including phenoxy) is 1. The van der Waals surface area contributed by atoms with E-state index in [4.69, 9.17) is 16.2 Å². The van der Waals surface area contributed by atoms with Gasteiger partial charge in [0.2, 0.25) is 17.7 Å². The largest absolute Gasteiger partial charge is 0.470 e. The van der Waals surface area contributed by atoms with Gasteiger partial charge in [0, 0.05) is 45.4 Å². The van der Waals surface area contributed by atoms with Gasteiger partial charge in [-0.2, -0.15) is 9.97 Å². The number of anilines is 2. The van der Waals surface area contributed by atoms with Gasteiger partial charge in [0.25, 0.3) is 0 Å². The normalized spacial score (nSPS) is 23.0. The SMILES string of the molecule is Nc1nc(N)c2c(n1)OC1(CCN(C(=O)C3CNC3)CC1)C2. The van der Waals surface area contributed by atoms with Crippen LogP contribution in [0.1, 0.15) is 18.4 Å². The number of fused-ring (bicyclic) bond motifs is 1. The van der Waals surface area contributed by atoms with E-state index in [9.17, 15) is 4.79 Å². The van der Waals surface area contributed by atoms with Crippen LogP contribution in [-0.2, 0) is 11.2 Å². The molecule has 5 N–H and O–H groups in total. The molecule has 118 valence electrons. The molecule has 0 unspecified atom stereocenters. The highest BCUT2D eigenvalue weighted by Crippen LogP contribution is 2.42. The lowest BCUT2D eigenvalue weighted by atomic mass is 9.86. The number of carbonyl (C=O) groups is 1. The Kier molecular flexibility index (Phi) is 2.90. The molecule has 0 saturated carbocycles. The first-order valence-electron chi connectivity index (χ1n) is 7.67.